The predicted molar refractivity (Wildman–Crippen MR) is 66.6 cm³/mol. The molecule has 0 heterocycles. The number of halogens is 1. The summed E-state index contributed by atoms with van der Waals surface area (Å²) >= 11 is 5.85. The van der Waals surface area contributed by atoms with Gasteiger partial charge in [0, 0.05) is 24.7 Å². The van der Waals surface area contributed by atoms with E-state index in [0.717, 1.165) is 18.7 Å². The van der Waals surface area contributed by atoms with Gasteiger partial charge in [0.05, 0.1) is 0 Å². The molecule has 88 valence electrons. The summed E-state index contributed by atoms with van der Waals surface area (Å²) in [4.78, 5) is 13.4. The van der Waals surface area contributed by atoms with Gasteiger partial charge in [-0.15, -0.1) is 0 Å². The van der Waals surface area contributed by atoms with Gasteiger partial charge in [-0.1, -0.05) is 23.7 Å². The third-order valence-corrected chi connectivity index (χ3v) is 2.62. The van der Waals surface area contributed by atoms with Crippen LogP contribution in [0.2, 0.25) is 5.02 Å². The molecule has 0 saturated carbocycles. The molecular formula is C12H17ClN2O. The molecule has 0 radical (unpaired) electrons. The van der Waals surface area contributed by atoms with Crippen molar-refractivity contribution in [3.8, 4) is 0 Å². The molecule has 2 amide bonds. The van der Waals surface area contributed by atoms with Gasteiger partial charge in [-0.25, -0.2) is 4.79 Å². The molecule has 0 fully saturated rings. The van der Waals surface area contributed by atoms with Crippen molar-refractivity contribution in [2.24, 2.45) is 0 Å². The Morgan fingerprint density at radius 2 is 2.06 bits per heavy atom. The number of nitrogens with one attached hydrogen (secondary N) is 1. The molecule has 0 aliphatic rings. The molecule has 0 aliphatic carbocycles. The number of hydrogen-bond acceptors (Lipinski definition) is 1. The van der Waals surface area contributed by atoms with Crippen molar-refractivity contribution in [1.29, 1.82) is 0 Å². The van der Waals surface area contributed by atoms with Gasteiger partial charge in [-0.3, -0.25) is 0 Å². The highest BCUT2D eigenvalue weighted by molar-refractivity contribution is 6.30. The first-order valence-electron chi connectivity index (χ1n) is 5.44. The summed E-state index contributed by atoms with van der Waals surface area (Å²) in [6, 6.07) is 7.45. The molecular weight excluding hydrogens is 224 g/mol. The summed E-state index contributed by atoms with van der Waals surface area (Å²) in [6.45, 7) is 5.87. The normalized spacial score (nSPS) is 9.94. The zero-order valence-corrected chi connectivity index (χ0v) is 10.4. The Balaban J connectivity index is 2.48. The minimum atomic E-state index is -0.0371. The molecule has 0 spiro atoms. The first kappa shape index (κ1) is 12.8. The lowest BCUT2D eigenvalue weighted by atomic mass is 10.2. The Kier molecular flexibility index (Phi) is 5.12. The topological polar surface area (TPSA) is 32.3 Å². The number of hydrogen-bond donors (Lipinski definition) is 1. The Hall–Kier alpha value is -1.22. The van der Waals surface area contributed by atoms with E-state index in [2.05, 4.69) is 5.32 Å². The van der Waals surface area contributed by atoms with Gasteiger partial charge in [-0.05, 0) is 31.5 Å². The molecule has 1 rings (SSSR count). The fourth-order valence-corrected chi connectivity index (χ4v) is 1.66. The van der Waals surface area contributed by atoms with Gasteiger partial charge in [0.15, 0.2) is 0 Å². The van der Waals surface area contributed by atoms with Crippen LogP contribution in [0.1, 0.15) is 19.4 Å². The van der Waals surface area contributed by atoms with Crippen LogP contribution in [0.4, 0.5) is 4.79 Å². The third kappa shape index (κ3) is 3.74. The fraction of sp³-hybridized carbons (Fsp3) is 0.417. The molecule has 0 bridgehead atoms. The van der Waals surface area contributed by atoms with E-state index in [4.69, 9.17) is 11.6 Å². The van der Waals surface area contributed by atoms with Crippen LogP contribution in [0, 0.1) is 0 Å². The molecule has 1 N–H and O–H groups in total. The Morgan fingerprint density at radius 3 is 2.62 bits per heavy atom. The van der Waals surface area contributed by atoms with Gasteiger partial charge in [0.1, 0.15) is 0 Å². The zero-order chi connectivity index (χ0) is 12.0. The van der Waals surface area contributed by atoms with Crippen molar-refractivity contribution in [1.82, 2.24) is 10.2 Å². The standard InChI is InChI=1S/C12H17ClN2O/c1-3-15(4-2)12(16)14-9-10-6-5-7-11(13)8-10/h5-8H,3-4,9H2,1-2H3,(H,14,16). The summed E-state index contributed by atoms with van der Waals surface area (Å²) in [7, 11) is 0. The maximum absolute atomic E-state index is 11.6. The Labute approximate surface area is 101 Å². The molecule has 4 heteroatoms. The molecule has 0 aliphatic heterocycles. The van der Waals surface area contributed by atoms with Gasteiger partial charge in [-0.2, -0.15) is 0 Å². The fourth-order valence-electron chi connectivity index (χ4n) is 1.45. The second kappa shape index (κ2) is 6.38. The van der Waals surface area contributed by atoms with Gasteiger partial charge >= 0.3 is 6.03 Å². The van der Waals surface area contributed by atoms with Crippen LogP contribution in [0.5, 0.6) is 0 Å². The Morgan fingerprint density at radius 1 is 1.38 bits per heavy atom. The largest absolute Gasteiger partial charge is 0.334 e. The van der Waals surface area contributed by atoms with E-state index in [0.29, 0.717) is 11.6 Å². The van der Waals surface area contributed by atoms with Crippen LogP contribution >= 0.6 is 11.6 Å². The number of benzene rings is 1. The number of nitrogens with zero attached hydrogens (tertiary/aromatic N) is 1. The lowest BCUT2D eigenvalue weighted by Crippen LogP contribution is -2.39. The van der Waals surface area contributed by atoms with Crippen LogP contribution in [0.15, 0.2) is 24.3 Å². The third-order valence-electron chi connectivity index (χ3n) is 2.38. The van der Waals surface area contributed by atoms with Gasteiger partial charge < -0.3 is 10.2 Å². The van der Waals surface area contributed by atoms with Crippen molar-refractivity contribution >= 4 is 17.6 Å². The molecule has 0 aromatic heterocycles. The number of rotatable bonds is 4. The lowest BCUT2D eigenvalue weighted by molar-refractivity contribution is 0.203. The lowest BCUT2D eigenvalue weighted by Gasteiger charge is -2.19. The molecule has 0 saturated heterocycles. The minimum Gasteiger partial charge on any atom is -0.334 e. The molecule has 1 aromatic rings. The van der Waals surface area contributed by atoms with E-state index in [1.807, 2.05) is 38.1 Å². The molecule has 1 aromatic carbocycles. The predicted octanol–water partition coefficient (Wildman–Crippen LogP) is 2.89. The van der Waals surface area contributed by atoms with Crippen molar-refractivity contribution < 1.29 is 4.79 Å². The number of urea groups is 1. The SMILES string of the molecule is CCN(CC)C(=O)NCc1cccc(Cl)c1. The van der Waals surface area contributed by atoms with Crippen molar-refractivity contribution in [2.75, 3.05) is 13.1 Å². The smallest absolute Gasteiger partial charge is 0.317 e. The highest BCUT2D eigenvalue weighted by Crippen LogP contribution is 2.10. The summed E-state index contributed by atoms with van der Waals surface area (Å²) < 4.78 is 0. The van der Waals surface area contributed by atoms with E-state index in [9.17, 15) is 4.79 Å². The number of carbonyl (C=O) groups excluding carboxylic acids is 1. The Bertz CT molecular complexity index is 351. The van der Waals surface area contributed by atoms with Crippen LogP contribution in [0.25, 0.3) is 0 Å². The second-order valence-electron chi connectivity index (χ2n) is 3.46. The minimum absolute atomic E-state index is 0.0371. The number of amides is 2. The quantitative estimate of drug-likeness (QED) is 0.863. The van der Waals surface area contributed by atoms with Crippen LogP contribution in [-0.4, -0.2) is 24.0 Å². The monoisotopic (exact) mass is 240 g/mol. The highest BCUT2D eigenvalue weighted by Gasteiger charge is 2.07. The second-order valence-corrected chi connectivity index (χ2v) is 3.90. The van der Waals surface area contributed by atoms with E-state index < -0.39 is 0 Å². The summed E-state index contributed by atoms with van der Waals surface area (Å²) in [5.41, 5.74) is 1.01. The average molecular weight is 241 g/mol. The van der Waals surface area contributed by atoms with Gasteiger partial charge in [0.25, 0.3) is 0 Å². The van der Waals surface area contributed by atoms with Gasteiger partial charge in [0.2, 0.25) is 0 Å². The van der Waals surface area contributed by atoms with E-state index >= 15 is 0 Å². The molecule has 3 nitrogen and oxygen atoms in total. The van der Waals surface area contributed by atoms with Crippen molar-refractivity contribution in [3.05, 3.63) is 34.9 Å². The van der Waals surface area contributed by atoms with Crippen LogP contribution in [0.3, 0.4) is 0 Å². The van der Waals surface area contributed by atoms with E-state index in [-0.39, 0.29) is 6.03 Å². The molecule has 0 atom stereocenters. The number of carbonyl (C=O) groups is 1. The van der Waals surface area contributed by atoms with Crippen LogP contribution in [-0.2, 0) is 6.54 Å². The average Bonchev–Trinajstić information content (AvgIpc) is 2.28. The summed E-state index contributed by atoms with van der Waals surface area (Å²) in [5.74, 6) is 0. The van der Waals surface area contributed by atoms with E-state index in [1.54, 1.807) is 4.90 Å². The molecule has 0 unspecified atom stereocenters. The van der Waals surface area contributed by atoms with Crippen molar-refractivity contribution in [2.45, 2.75) is 20.4 Å². The first-order valence-corrected chi connectivity index (χ1v) is 5.82. The highest BCUT2D eigenvalue weighted by atomic mass is 35.5. The maximum atomic E-state index is 11.6. The first-order chi connectivity index (χ1) is 7.67. The summed E-state index contributed by atoms with van der Waals surface area (Å²) in [6.07, 6.45) is 0. The molecule has 16 heavy (non-hydrogen) atoms. The van der Waals surface area contributed by atoms with E-state index in [1.165, 1.54) is 0 Å². The summed E-state index contributed by atoms with van der Waals surface area (Å²) in [5, 5.41) is 3.55. The maximum Gasteiger partial charge on any atom is 0.317 e. The zero-order valence-electron chi connectivity index (χ0n) is 9.66. The van der Waals surface area contributed by atoms with Crippen molar-refractivity contribution in [3.63, 3.8) is 0 Å². The van der Waals surface area contributed by atoms with Crippen LogP contribution < -0.4 is 5.32 Å².